The molecule has 0 aliphatic rings. The number of aliphatic hydroxyl groups is 1. The Labute approximate surface area is 118 Å². The van der Waals surface area contributed by atoms with E-state index >= 15 is 0 Å². The standard InChI is InChI=1S/C15H20N2OS/c1-15(2,8-9-18)17-11-14(10-16-17)19-12-13-6-4-3-5-7-13/h3-7,10-11,18H,8-9,12H2,1-2H3. The molecule has 0 unspecified atom stereocenters. The Bertz CT molecular complexity index is 508. The van der Waals surface area contributed by atoms with Crippen LogP contribution in [-0.4, -0.2) is 21.5 Å². The molecule has 4 heteroatoms. The molecule has 19 heavy (non-hydrogen) atoms. The molecule has 0 saturated heterocycles. The molecule has 0 atom stereocenters. The number of rotatable bonds is 6. The molecule has 0 radical (unpaired) electrons. The van der Waals surface area contributed by atoms with Gasteiger partial charge in [0.2, 0.25) is 0 Å². The van der Waals surface area contributed by atoms with E-state index in [4.69, 9.17) is 5.11 Å². The number of aromatic nitrogens is 2. The van der Waals surface area contributed by atoms with Crippen molar-refractivity contribution in [2.75, 3.05) is 6.61 Å². The molecule has 3 nitrogen and oxygen atoms in total. The summed E-state index contributed by atoms with van der Waals surface area (Å²) in [6.07, 6.45) is 4.66. The second kappa shape index (κ2) is 6.26. The SMILES string of the molecule is CC(C)(CCO)n1cc(SCc2ccccc2)cn1. The van der Waals surface area contributed by atoms with Crippen molar-refractivity contribution >= 4 is 11.8 Å². The maximum Gasteiger partial charge on any atom is 0.0626 e. The summed E-state index contributed by atoms with van der Waals surface area (Å²) in [5.41, 5.74) is 1.18. The van der Waals surface area contributed by atoms with E-state index in [2.05, 4.69) is 49.4 Å². The number of nitrogens with zero attached hydrogens (tertiary/aromatic N) is 2. The largest absolute Gasteiger partial charge is 0.396 e. The molecule has 0 bridgehead atoms. The van der Waals surface area contributed by atoms with Crippen molar-refractivity contribution < 1.29 is 5.11 Å². The lowest BCUT2D eigenvalue weighted by Gasteiger charge is -2.24. The highest BCUT2D eigenvalue weighted by atomic mass is 32.2. The number of benzene rings is 1. The third-order valence-electron chi connectivity index (χ3n) is 3.15. The first-order valence-electron chi connectivity index (χ1n) is 6.44. The second-order valence-electron chi connectivity index (χ2n) is 5.18. The molecule has 2 aromatic rings. The molecule has 102 valence electrons. The fourth-order valence-electron chi connectivity index (χ4n) is 1.84. The van der Waals surface area contributed by atoms with E-state index in [9.17, 15) is 0 Å². The van der Waals surface area contributed by atoms with E-state index < -0.39 is 0 Å². The lowest BCUT2D eigenvalue weighted by Crippen LogP contribution is -2.27. The molecule has 0 saturated carbocycles. The molecule has 2 rings (SSSR count). The lowest BCUT2D eigenvalue weighted by atomic mass is 10.0. The Morgan fingerprint density at radius 2 is 2.00 bits per heavy atom. The summed E-state index contributed by atoms with van der Waals surface area (Å²) in [7, 11) is 0. The van der Waals surface area contributed by atoms with Gasteiger partial charge in [-0.25, -0.2) is 0 Å². The molecule has 0 spiro atoms. The van der Waals surface area contributed by atoms with Crippen LogP contribution in [0.3, 0.4) is 0 Å². The summed E-state index contributed by atoms with van der Waals surface area (Å²) in [6, 6.07) is 10.4. The van der Waals surface area contributed by atoms with Gasteiger partial charge in [0.1, 0.15) is 0 Å². The average Bonchev–Trinajstić information content (AvgIpc) is 2.87. The second-order valence-corrected chi connectivity index (χ2v) is 6.23. The maximum absolute atomic E-state index is 9.08. The van der Waals surface area contributed by atoms with Crippen LogP contribution in [0.15, 0.2) is 47.6 Å². The predicted molar refractivity (Wildman–Crippen MR) is 79.3 cm³/mol. The first kappa shape index (κ1) is 14.2. The van der Waals surface area contributed by atoms with Gasteiger partial charge in [-0.05, 0) is 25.8 Å². The van der Waals surface area contributed by atoms with E-state index in [1.807, 2.05) is 16.9 Å². The van der Waals surface area contributed by atoms with Crippen molar-refractivity contribution in [2.45, 2.75) is 36.5 Å². The monoisotopic (exact) mass is 276 g/mol. The van der Waals surface area contributed by atoms with Crippen molar-refractivity contribution in [3.8, 4) is 0 Å². The Balaban J connectivity index is 1.98. The molecule has 0 aliphatic carbocycles. The third kappa shape index (κ3) is 3.85. The van der Waals surface area contributed by atoms with Crippen molar-refractivity contribution in [2.24, 2.45) is 0 Å². The van der Waals surface area contributed by atoms with Gasteiger partial charge < -0.3 is 5.11 Å². The molecule has 1 N–H and O–H groups in total. The summed E-state index contributed by atoms with van der Waals surface area (Å²) < 4.78 is 1.94. The first-order chi connectivity index (χ1) is 9.12. The van der Waals surface area contributed by atoms with Crippen molar-refractivity contribution in [3.63, 3.8) is 0 Å². The molecule has 0 aliphatic heterocycles. The van der Waals surface area contributed by atoms with Gasteiger partial charge in [0.25, 0.3) is 0 Å². The Morgan fingerprint density at radius 3 is 2.68 bits per heavy atom. The topological polar surface area (TPSA) is 38.0 Å². The molecule has 1 heterocycles. The maximum atomic E-state index is 9.08. The van der Waals surface area contributed by atoms with E-state index in [0.29, 0.717) is 6.42 Å². The zero-order valence-electron chi connectivity index (χ0n) is 11.4. The van der Waals surface area contributed by atoms with Gasteiger partial charge in [0.15, 0.2) is 0 Å². The third-order valence-corrected chi connectivity index (χ3v) is 4.17. The van der Waals surface area contributed by atoms with Crippen molar-refractivity contribution in [1.82, 2.24) is 9.78 Å². The molecular weight excluding hydrogens is 256 g/mol. The molecule has 0 fully saturated rings. The van der Waals surface area contributed by atoms with Gasteiger partial charge in [-0.3, -0.25) is 4.68 Å². The number of hydrogen-bond donors (Lipinski definition) is 1. The average molecular weight is 276 g/mol. The van der Waals surface area contributed by atoms with Crippen LogP contribution in [0.5, 0.6) is 0 Å². The molecule has 1 aromatic heterocycles. The highest BCUT2D eigenvalue weighted by Gasteiger charge is 2.20. The highest BCUT2D eigenvalue weighted by molar-refractivity contribution is 7.98. The van der Waals surface area contributed by atoms with Crippen molar-refractivity contribution in [3.05, 3.63) is 48.3 Å². The van der Waals surface area contributed by atoms with Crippen LogP contribution in [0, 0.1) is 0 Å². The fraction of sp³-hybridized carbons (Fsp3) is 0.400. The summed E-state index contributed by atoms with van der Waals surface area (Å²) in [6.45, 7) is 4.35. The van der Waals surface area contributed by atoms with Crippen molar-refractivity contribution in [1.29, 1.82) is 0 Å². The van der Waals surface area contributed by atoms with Gasteiger partial charge in [-0.15, -0.1) is 11.8 Å². The Morgan fingerprint density at radius 1 is 1.26 bits per heavy atom. The van der Waals surface area contributed by atoms with Crippen LogP contribution in [0.4, 0.5) is 0 Å². The normalized spacial score (nSPS) is 11.7. The van der Waals surface area contributed by atoms with Gasteiger partial charge in [-0.2, -0.15) is 5.10 Å². The van der Waals surface area contributed by atoms with E-state index in [1.54, 1.807) is 11.8 Å². The zero-order valence-corrected chi connectivity index (χ0v) is 12.2. The zero-order chi connectivity index (χ0) is 13.7. The number of hydrogen-bond acceptors (Lipinski definition) is 3. The molecule has 0 amide bonds. The van der Waals surface area contributed by atoms with Crippen LogP contribution in [-0.2, 0) is 11.3 Å². The fourth-order valence-corrected chi connectivity index (χ4v) is 2.66. The summed E-state index contributed by atoms with van der Waals surface area (Å²) >= 11 is 1.78. The summed E-state index contributed by atoms with van der Waals surface area (Å²) in [5, 5.41) is 13.5. The summed E-state index contributed by atoms with van der Waals surface area (Å²) in [5.74, 6) is 0.951. The quantitative estimate of drug-likeness (QED) is 0.823. The van der Waals surface area contributed by atoms with E-state index in [1.165, 1.54) is 5.56 Å². The first-order valence-corrected chi connectivity index (χ1v) is 7.43. The van der Waals surface area contributed by atoms with E-state index in [0.717, 1.165) is 10.6 Å². The van der Waals surface area contributed by atoms with Crippen LogP contribution >= 0.6 is 11.8 Å². The summed E-state index contributed by atoms with van der Waals surface area (Å²) in [4.78, 5) is 1.16. The number of thioether (sulfide) groups is 1. The minimum absolute atomic E-state index is 0.139. The Hall–Kier alpha value is -1.26. The lowest BCUT2D eigenvalue weighted by molar-refractivity contribution is 0.201. The van der Waals surface area contributed by atoms with Crippen LogP contribution in [0.1, 0.15) is 25.8 Å². The minimum atomic E-state index is -0.139. The van der Waals surface area contributed by atoms with Gasteiger partial charge in [-0.1, -0.05) is 30.3 Å². The number of aliphatic hydroxyl groups excluding tert-OH is 1. The van der Waals surface area contributed by atoms with Crippen LogP contribution in [0.2, 0.25) is 0 Å². The molecule has 1 aromatic carbocycles. The smallest absolute Gasteiger partial charge is 0.0626 e. The van der Waals surface area contributed by atoms with Crippen LogP contribution < -0.4 is 0 Å². The highest BCUT2D eigenvalue weighted by Crippen LogP contribution is 2.25. The molecular formula is C15H20N2OS. The Kier molecular flexibility index (Phi) is 4.66. The van der Waals surface area contributed by atoms with Gasteiger partial charge >= 0.3 is 0 Å². The van der Waals surface area contributed by atoms with Gasteiger partial charge in [0, 0.05) is 23.5 Å². The van der Waals surface area contributed by atoms with E-state index in [-0.39, 0.29) is 12.1 Å². The van der Waals surface area contributed by atoms with Crippen LogP contribution in [0.25, 0.3) is 0 Å². The minimum Gasteiger partial charge on any atom is -0.396 e. The predicted octanol–water partition coefficient (Wildman–Crippen LogP) is 3.29. The van der Waals surface area contributed by atoms with Gasteiger partial charge in [0.05, 0.1) is 11.7 Å².